The zero-order chi connectivity index (χ0) is 57.4. The second kappa shape index (κ2) is 44.9. The maximum absolute atomic E-state index is 15.4. The lowest BCUT2D eigenvalue weighted by atomic mass is 9.89. The molecule has 2 atom stereocenters. The van der Waals surface area contributed by atoms with Gasteiger partial charge in [0.05, 0.1) is 29.7 Å². The Hall–Kier alpha value is -1.48. The summed E-state index contributed by atoms with van der Waals surface area (Å²) in [5, 5.41) is 0. The molecule has 0 fully saturated rings. The third-order valence-electron chi connectivity index (χ3n) is 17.8. The molecule has 4 heterocycles. The van der Waals surface area contributed by atoms with E-state index < -0.39 is 0 Å². The van der Waals surface area contributed by atoms with Gasteiger partial charge in [-0.2, -0.15) is 0 Å². The normalized spacial score (nSPS) is 12.7. The van der Waals surface area contributed by atoms with Crippen molar-refractivity contribution in [2.45, 2.75) is 350 Å². The Labute approximate surface area is 517 Å². The van der Waals surface area contributed by atoms with Gasteiger partial charge in [-0.05, 0) is 105 Å². The number of hydrogen-bond donors (Lipinski definition) is 0. The van der Waals surface area contributed by atoms with Crippen molar-refractivity contribution >= 4 is 65.6 Å². The summed E-state index contributed by atoms with van der Waals surface area (Å²) < 4.78 is 6.55. The molecule has 80 heavy (non-hydrogen) atoms. The average Bonchev–Trinajstić information content (AvgIpc) is 4.13. The fourth-order valence-corrected chi connectivity index (χ4v) is 16.1. The van der Waals surface area contributed by atoms with Gasteiger partial charge in [0.15, 0.2) is 0 Å². The second-order valence-electron chi connectivity index (χ2n) is 24.9. The van der Waals surface area contributed by atoms with Crippen molar-refractivity contribution in [3.05, 3.63) is 63.7 Å². The Bertz CT molecular complexity index is 2150. The Morgan fingerprint density at radius 2 is 0.575 bits per heavy atom. The Morgan fingerprint density at radius 3 is 0.838 bits per heavy atom. The van der Waals surface area contributed by atoms with E-state index in [9.17, 15) is 0 Å². The number of hydrogen-bond acceptors (Lipinski definition) is 4. The molecule has 456 valence electrons. The van der Waals surface area contributed by atoms with Crippen molar-refractivity contribution < 1.29 is 0 Å². The fraction of sp³-hybridized carbons (Fsp3) is 0.778. The smallest absolute Gasteiger partial charge is 0.259 e. The van der Waals surface area contributed by atoms with E-state index in [1.807, 2.05) is 0 Å². The van der Waals surface area contributed by atoms with Crippen LogP contribution in [0.4, 0.5) is 0 Å². The second-order valence-corrected chi connectivity index (χ2v) is 29.7. The summed E-state index contributed by atoms with van der Waals surface area (Å²) in [6.45, 7) is 15.1. The summed E-state index contributed by atoms with van der Waals surface area (Å²) in [4.78, 5) is 32.9. The molecule has 0 radical (unpaired) electrons. The van der Waals surface area contributed by atoms with Crippen LogP contribution in [0.25, 0.3) is 31.9 Å². The van der Waals surface area contributed by atoms with Gasteiger partial charge in [-0.25, -0.2) is 0 Å². The van der Waals surface area contributed by atoms with E-state index in [0.717, 1.165) is 70.4 Å². The lowest BCUT2D eigenvalue weighted by molar-refractivity contribution is 0.400. The topological polar surface area (TPSA) is 44.0 Å². The average molecular weight is 1270 g/mol. The highest BCUT2D eigenvalue weighted by molar-refractivity contribution is 9.11. The van der Waals surface area contributed by atoms with Crippen molar-refractivity contribution in [2.75, 3.05) is 0 Å². The van der Waals surface area contributed by atoms with Crippen LogP contribution in [-0.2, 0) is 25.9 Å². The number of halogens is 2. The van der Waals surface area contributed by atoms with Crippen LogP contribution >= 0.6 is 54.5 Å². The van der Waals surface area contributed by atoms with Crippen molar-refractivity contribution in [1.29, 1.82) is 0 Å². The van der Waals surface area contributed by atoms with Gasteiger partial charge in [0, 0.05) is 22.8 Å². The van der Waals surface area contributed by atoms with Crippen LogP contribution in [0.3, 0.4) is 0 Å². The number of pyridine rings is 2. The molecular weight excluding hydrogens is 1150 g/mol. The molecule has 0 saturated carbocycles. The van der Waals surface area contributed by atoms with Crippen LogP contribution in [0.2, 0.25) is 0 Å². The Morgan fingerprint density at radius 1 is 0.338 bits per heavy atom. The van der Waals surface area contributed by atoms with Gasteiger partial charge in [-0.3, -0.25) is 9.59 Å². The molecule has 0 spiro atoms. The van der Waals surface area contributed by atoms with E-state index in [1.54, 1.807) is 22.7 Å². The number of thiophene rings is 2. The molecule has 2 unspecified atom stereocenters. The van der Waals surface area contributed by atoms with E-state index in [2.05, 4.69) is 107 Å². The number of aromatic nitrogens is 2. The van der Waals surface area contributed by atoms with Gasteiger partial charge in [0.1, 0.15) is 0 Å². The molecule has 0 saturated heterocycles. The summed E-state index contributed by atoms with van der Waals surface area (Å²) >= 11 is 11.7. The predicted molar refractivity (Wildman–Crippen MR) is 366 cm³/mol. The Kier molecular flexibility index (Phi) is 39.9. The quantitative estimate of drug-likeness (QED) is 0.0414. The molecule has 4 nitrogen and oxygen atoms in total. The minimum absolute atomic E-state index is 0.0937. The van der Waals surface area contributed by atoms with Crippen LogP contribution in [0.5, 0.6) is 0 Å². The molecule has 4 rings (SSSR count). The first-order valence-electron chi connectivity index (χ1n) is 34.6. The van der Waals surface area contributed by atoms with Gasteiger partial charge in [-0.15, -0.1) is 22.7 Å². The number of unbranched alkanes of at least 4 members (excludes halogenated alkanes) is 34. The van der Waals surface area contributed by atoms with Crippen LogP contribution in [-0.4, -0.2) is 9.13 Å². The first-order chi connectivity index (χ1) is 39.2. The molecule has 0 aliphatic heterocycles. The minimum atomic E-state index is 0.0937. The number of aryl methyl sites for hydroxylation is 2. The highest BCUT2D eigenvalue weighted by Crippen LogP contribution is 2.40. The lowest BCUT2D eigenvalue weighted by Gasteiger charge is -2.18. The molecule has 4 aromatic heterocycles. The van der Waals surface area contributed by atoms with Crippen LogP contribution < -0.4 is 11.1 Å². The zero-order valence-electron chi connectivity index (χ0n) is 52.7. The SMILES string of the molecule is CCCCCCCCCCC(CCCCCCCC)Cc1cc(-c2cc3c(cc(-c4cc(CC(CCCCCCCC)CCCCCCCCCC)c(Br)s4)c(=O)n3CCCCCCCC)n(CCCCCCCC)c2=O)sc1Br. The number of fused-ring (bicyclic) bond motifs is 1. The highest BCUT2D eigenvalue weighted by Gasteiger charge is 2.23. The number of nitrogens with zero attached hydrogens (tertiary/aromatic N) is 2. The van der Waals surface area contributed by atoms with Crippen LogP contribution in [0, 0.1) is 11.8 Å². The van der Waals surface area contributed by atoms with Gasteiger partial charge < -0.3 is 9.13 Å². The zero-order valence-corrected chi connectivity index (χ0v) is 57.5. The summed E-state index contributed by atoms with van der Waals surface area (Å²) in [6, 6.07) is 9.00. The van der Waals surface area contributed by atoms with Gasteiger partial charge in [0.25, 0.3) is 11.1 Å². The third-order valence-corrected chi connectivity index (χ3v) is 21.7. The monoisotopic (exact) mass is 1270 g/mol. The van der Waals surface area contributed by atoms with Gasteiger partial charge in [0.2, 0.25) is 0 Å². The van der Waals surface area contributed by atoms with Crippen molar-refractivity contribution in [1.82, 2.24) is 9.13 Å². The van der Waals surface area contributed by atoms with E-state index in [-0.39, 0.29) is 11.1 Å². The molecule has 0 aliphatic rings. The van der Waals surface area contributed by atoms with Crippen LogP contribution in [0.1, 0.15) is 335 Å². The maximum Gasteiger partial charge on any atom is 0.259 e. The molecule has 0 N–H and O–H groups in total. The summed E-state index contributed by atoms with van der Waals surface area (Å²) in [6.07, 6.45) is 59.0. The molecular formula is C72H120Br2N2O2S2. The summed E-state index contributed by atoms with van der Waals surface area (Å²) in [5.74, 6) is 1.31. The molecule has 0 aromatic carbocycles. The predicted octanol–water partition coefficient (Wildman–Crippen LogP) is 25.7. The van der Waals surface area contributed by atoms with Crippen molar-refractivity contribution in [3.63, 3.8) is 0 Å². The largest absolute Gasteiger partial charge is 0.306 e. The summed E-state index contributed by atoms with van der Waals surface area (Å²) in [5.41, 5.74) is 6.27. The van der Waals surface area contributed by atoms with E-state index >= 15 is 9.59 Å². The van der Waals surface area contributed by atoms with Crippen molar-refractivity contribution in [3.8, 4) is 20.9 Å². The molecule has 0 bridgehead atoms. The molecule has 0 amide bonds. The Balaban J connectivity index is 1.75. The standard InChI is InChI=1S/C72H120Br2N2O2S2/c1-7-13-19-25-31-33-37-43-49-59(47-41-35-27-21-15-9-3)53-61-55-67(79-69(61)73)63-57-65-66(75(71(63)77)51-45-39-29-23-17-11-5)58-64(72(78)76(65)52-46-40-30-24-18-12-6)68-56-62(70(74)80-68)54-60(48-42-36-28-22-16-10-4)50-44-38-34-32-26-20-14-8-2/h55-60H,7-54H2,1-6H3. The molecule has 0 aliphatic carbocycles. The highest BCUT2D eigenvalue weighted by atomic mass is 79.9. The van der Waals surface area contributed by atoms with Gasteiger partial charge in [-0.1, -0.05) is 311 Å². The van der Waals surface area contributed by atoms with E-state index in [1.165, 1.54) is 276 Å². The fourth-order valence-electron chi connectivity index (χ4n) is 12.6. The first kappa shape index (κ1) is 71.0. The van der Waals surface area contributed by atoms with Crippen LogP contribution in [0.15, 0.2) is 41.4 Å². The molecule has 8 heteroatoms. The molecule has 4 aromatic rings. The van der Waals surface area contributed by atoms with E-state index in [4.69, 9.17) is 0 Å². The van der Waals surface area contributed by atoms with Gasteiger partial charge >= 0.3 is 0 Å². The van der Waals surface area contributed by atoms with E-state index in [0.29, 0.717) is 24.9 Å². The third kappa shape index (κ3) is 27.3. The maximum atomic E-state index is 15.4. The summed E-state index contributed by atoms with van der Waals surface area (Å²) in [7, 11) is 0. The van der Waals surface area contributed by atoms with Crippen molar-refractivity contribution in [2.24, 2.45) is 11.8 Å². The minimum Gasteiger partial charge on any atom is -0.306 e. The first-order valence-corrected chi connectivity index (χ1v) is 37.8. The number of rotatable bonds is 52. The lowest BCUT2D eigenvalue weighted by Crippen LogP contribution is -2.28.